The SMILES string of the molecule is NCCCCCc1nnc2n1N=C(c1ccc(Cl)cc1Cl)CS2. The van der Waals surface area contributed by atoms with Crippen molar-refractivity contribution in [3.63, 3.8) is 0 Å². The summed E-state index contributed by atoms with van der Waals surface area (Å²) in [5.41, 5.74) is 7.34. The number of halogens is 2. The van der Waals surface area contributed by atoms with Crippen molar-refractivity contribution in [2.24, 2.45) is 10.8 Å². The first-order chi connectivity index (χ1) is 11.2. The molecule has 0 atom stereocenters. The van der Waals surface area contributed by atoms with Crippen molar-refractivity contribution in [1.29, 1.82) is 0 Å². The maximum absolute atomic E-state index is 6.30. The summed E-state index contributed by atoms with van der Waals surface area (Å²) in [4.78, 5) is 0. The summed E-state index contributed by atoms with van der Waals surface area (Å²) in [6.07, 6.45) is 4.00. The van der Waals surface area contributed by atoms with Crippen LogP contribution in [0, 0.1) is 0 Å². The Hall–Kier alpha value is -1.08. The van der Waals surface area contributed by atoms with Crippen LogP contribution in [0.1, 0.15) is 30.7 Å². The summed E-state index contributed by atoms with van der Waals surface area (Å²) < 4.78 is 1.83. The minimum Gasteiger partial charge on any atom is -0.330 e. The standard InChI is InChI=1S/C15H17Cl2N5S/c16-10-5-6-11(12(17)8-10)13-9-23-15-20-19-14(22(15)21-13)4-2-1-3-7-18/h5-6,8H,1-4,7,9,18H2. The molecular weight excluding hydrogens is 353 g/mol. The summed E-state index contributed by atoms with van der Waals surface area (Å²) in [5, 5.41) is 15.2. The fourth-order valence-electron chi connectivity index (χ4n) is 2.38. The summed E-state index contributed by atoms with van der Waals surface area (Å²) in [6, 6.07) is 5.47. The molecule has 1 aromatic heterocycles. The highest BCUT2D eigenvalue weighted by Gasteiger charge is 2.20. The smallest absolute Gasteiger partial charge is 0.212 e. The van der Waals surface area contributed by atoms with Crippen LogP contribution in [-0.4, -0.2) is 32.9 Å². The minimum atomic E-state index is 0.609. The Morgan fingerprint density at radius 2 is 2.04 bits per heavy atom. The summed E-state index contributed by atoms with van der Waals surface area (Å²) in [7, 11) is 0. The van der Waals surface area contributed by atoms with E-state index in [1.54, 1.807) is 17.8 Å². The molecule has 0 amide bonds. The van der Waals surface area contributed by atoms with E-state index in [0.29, 0.717) is 15.8 Å². The molecule has 0 bridgehead atoms. The van der Waals surface area contributed by atoms with Crippen LogP contribution in [0.4, 0.5) is 0 Å². The quantitative estimate of drug-likeness (QED) is 0.789. The third-order valence-corrected chi connectivity index (χ3v) is 5.06. The number of nitrogens with zero attached hydrogens (tertiary/aromatic N) is 4. The van der Waals surface area contributed by atoms with Gasteiger partial charge in [0.05, 0.1) is 10.7 Å². The van der Waals surface area contributed by atoms with Gasteiger partial charge in [0.15, 0.2) is 5.82 Å². The zero-order valence-corrected chi connectivity index (χ0v) is 14.8. The molecule has 0 saturated heterocycles. The van der Waals surface area contributed by atoms with Crippen LogP contribution in [0.15, 0.2) is 28.5 Å². The average Bonchev–Trinajstić information content (AvgIpc) is 2.94. The Bertz CT molecular complexity index is 729. The molecular formula is C15H17Cl2N5S. The lowest BCUT2D eigenvalue weighted by Crippen LogP contribution is -2.15. The van der Waals surface area contributed by atoms with Gasteiger partial charge in [-0.15, -0.1) is 10.2 Å². The second-order valence-corrected chi connectivity index (χ2v) is 7.06. The Morgan fingerprint density at radius 3 is 2.83 bits per heavy atom. The number of rotatable bonds is 6. The van der Waals surface area contributed by atoms with Crippen molar-refractivity contribution >= 4 is 40.7 Å². The molecule has 2 aromatic rings. The molecule has 122 valence electrons. The van der Waals surface area contributed by atoms with Gasteiger partial charge < -0.3 is 5.73 Å². The fraction of sp³-hybridized carbons (Fsp3) is 0.400. The number of unbranched alkanes of at least 4 members (excludes halogenated alkanes) is 2. The Balaban J connectivity index is 1.83. The average molecular weight is 370 g/mol. The van der Waals surface area contributed by atoms with Gasteiger partial charge in [0.2, 0.25) is 5.16 Å². The zero-order chi connectivity index (χ0) is 16.2. The van der Waals surface area contributed by atoms with Gasteiger partial charge in [-0.05, 0) is 31.5 Å². The van der Waals surface area contributed by atoms with E-state index in [9.17, 15) is 0 Å². The first-order valence-electron chi connectivity index (χ1n) is 7.49. The fourth-order valence-corrected chi connectivity index (χ4v) is 3.75. The van der Waals surface area contributed by atoms with Gasteiger partial charge in [0, 0.05) is 22.8 Å². The first kappa shape index (κ1) is 16.8. The molecule has 3 rings (SSSR count). The van der Waals surface area contributed by atoms with Gasteiger partial charge in [0.25, 0.3) is 0 Å². The first-order valence-corrected chi connectivity index (χ1v) is 9.23. The van der Waals surface area contributed by atoms with Gasteiger partial charge in [-0.1, -0.05) is 47.5 Å². The van der Waals surface area contributed by atoms with Crippen LogP contribution >= 0.6 is 35.0 Å². The topological polar surface area (TPSA) is 69.1 Å². The molecule has 0 unspecified atom stereocenters. The maximum Gasteiger partial charge on any atom is 0.212 e. The van der Waals surface area contributed by atoms with Crippen LogP contribution < -0.4 is 5.73 Å². The van der Waals surface area contributed by atoms with E-state index in [1.807, 2.05) is 16.8 Å². The molecule has 2 heterocycles. The molecule has 2 N–H and O–H groups in total. The van der Waals surface area contributed by atoms with Crippen molar-refractivity contribution in [3.05, 3.63) is 39.6 Å². The lowest BCUT2D eigenvalue weighted by Gasteiger charge is -2.15. The molecule has 0 fully saturated rings. The van der Waals surface area contributed by atoms with Gasteiger partial charge in [-0.3, -0.25) is 0 Å². The largest absolute Gasteiger partial charge is 0.330 e. The highest BCUT2D eigenvalue weighted by Crippen LogP contribution is 2.28. The number of nitrogens with two attached hydrogens (primary N) is 1. The Labute approximate surface area is 149 Å². The van der Waals surface area contributed by atoms with E-state index >= 15 is 0 Å². The summed E-state index contributed by atoms with van der Waals surface area (Å²) in [6.45, 7) is 0.727. The van der Waals surface area contributed by atoms with Gasteiger partial charge in [0.1, 0.15) is 0 Å². The number of thioether (sulfide) groups is 1. The number of hydrogen-bond acceptors (Lipinski definition) is 5. The number of hydrogen-bond donors (Lipinski definition) is 1. The monoisotopic (exact) mass is 369 g/mol. The predicted octanol–water partition coefficient (Wildman–Crippen LogP) is 3.61. The van der Waals surface area contributed by atoms with Crippen molar-refractivity contribution in [3.8, 4) is 0 Å². The Morgan fingerprint density at radius 1 is 1.17 bits per heavy atom. The van der Waals surface area contributed by atoms with Crippen molar-refractivity contribution in [2.45, 2.75) is 30.8 Å². The van der Waals surface area contributed by atoms with Crippen molar-refractivity contribution in [2.75, 3.05) is 12.3 Å². The van der Waals surface area contributed by atoms with E-state index in [2.05, 4.69) is 10.2 Å². The molecule has 1 aliphatic heterocycles. The van der Waals surface area contributed by atoms with Crippen LogP contribution in [0.3, 0.4) is 0 Å². The molecule has 0 aliphatic carbocycles. The Kier molecular flexibility index (Phi) is 5.58. The molecule has 0 saturated carbocycles. The van der Waals surface area contributed by atoms with Crippen LogP contribution in [0.2, 0.25) is 10.0 Å². The van der Waals surface area contributed by atoms with Crippen LogP contribution in [-0.2, 0) is 6.42 Å². The van der Waals surface area contributed by atoms with Gasteiger partial charge in [-0.2, -0.15) is 9.78 Å². The lowest BCUT2D eigenvalue weighted by atomic mass is 10.1. The highest BCUT2D eigenvalue weighted by atomic mass is 35.5. The normalized spacial score (nSPS) is 13.8. The number of benzene rings is 1. The second kappa shape index (κ2) is 7.66. The molecule has 0 spiro atoms. The molecule has 0 radical (unpaired) electrons. The number of fused-ring (bicyclic) bond motifs is 1. The predicted molar refractivity (Wildman–Crippen MR) is 95.8 cm³/mol. The zero-order valence-electron chi connectivity index (χ0n) is 12.5. The van der Waals surface area contributed by atoms with E-state index < -0.39 is 0 Å². The lowest BCUT2D eigenvalue weighted by molar-refractivity contribution is 0.635. The van der Waals surface area contributed by atoms with Gasteiger partial charge >= 0.3 is 0 Å². The van der Waals surface area contributed by atoms with Crippen molar-refractivity contribution in [1.82, 2.24) is 14.9 Å². The van der Waals surface area contributed by atoms with E-state index in [4.69, 9.17) is 34.0 Å². The highest BCUT2D eigenvalue weighted by molar-refractivity contribution is 7.99. The second-order valence-electron chi connectivity index (χ2n) is 5.27. The number of aromatic nitrogens is 3. The van der Waals surface area contributed by atoms with E-state index in [0.717, 1.165) is 54.5 Å². The maximum atomic E-state index is 6.30. The molecule has 5 nitrogen and oxygen atoms in total. The summed E-state index contributed by atoms with van der Waals surface area (Å²) in [5.74, 6) is 1.60. The molecule has 8 heteroatoms. The van der Waals surface area contributed by atoms with Crippen LogP contribution in [0.5, 0.6) is 0 Å². The third-order valence-electron chi connectivity index (χ3n) is 3.58. The van der Waals surface area contributed by atoms with Crippen LogP contribution in [0.25, 0.3) is 0 Å². The van der Waals surface area contributed by atoms with E-state index in [1.165, 1.54) is 0 Å². The third kappa shape index (κ3) is 3.88. The number of aryl methyl sites for hydroxylation is 1. The van der Waals surface area contributed by atoms with Gasteiger partial charge in [-0.25, -0.2) is 0 Å². The van der Waals surface area contributed by atoms with E-state index in [-0.39, 0.29) is 0 Å². The molecule has 1 aromatic carbocycles. The van der Waals surface area contributed by atoms with Crippen molar-refractivity contribution < 1.29 is 0 Å². The minimum absolute atomic E-state index is 0.609. The summed E-state index contributed by atoms with van der Waals surface area (Å²) >= 11 is 13.9. The molecule has 23 heavy (non-hydrogen) atoms. The molecule has 1 aliphatic rings.